The van der Waals surface area contributed by atoms with Gasteiger partial charge in [-0.25, -0.2) is 13.4 Å². The molecule has 0 spiro atoms. The molecule has 2 aromatic rings. The highest BCUT2D eigenvalue weighted by Crippen LogP contribution is 2.26. The number of nitrogens with zero attached hydrogens (tertiary/aromatic N) is 7. The normalized spacial score (nSPS) is 18.6. The topological polar surface area (TPSA) is 87.5 Å². The third kappa shape index (κ3) is 3.71. The van der Waals surface area contributed by atoms with Crippen molar-refractivity contribution < 1.29 is 8.42 Å². The summed E-state index contributed by atoms with van der Waals surface area (Å²) < 4.78 is 29.8. The highest BCUT2D eigenvalue weighted by molar-refractivity contribution is 7.89. The van der Waals surface area contributed by atoms with Crippen molar-refractivity contribution in [3.8, 4) is 0 Å². The Morgan fingerprint density at radius 1 is 1.00 bits per heavy atom. The van der Waals surface area contributed by atoms with Crippen molar-refractivity contribution in [3.63, 3.8) is 0 Å². The SMILES string of the molecule is CCn1nc(C)c(S(=O)(=O)N2CCN(c3ccnc(N4CCCC4)n3)CC2)c1C. The van der Waals surface area contributed by atoms with Crippen molar-refractivity contribution in [2.45, 2.75) is 45.1 Å². The number of rotatable bonds is 5. The van der Waals surface area contributed by atoms with Gasteiger partial charge in [0.25, 0.3) is 0 Å². The highest BCUT2D eigenvalue weighted by Gasteiger charge is 2.33. The molecule has 0 atom stereocenters. The quantitative estimate of drug-likeness (QED) is 0.724. The van der Waals surface area contributed by atoms with E-state index in [1.165, 1.54) is 12.8 Å². The van der Waals surface area contributed by atoms with Gasteiger partial charge in [0.15, 0.2) is 0 Å². The van der Waals surface area contributed by atoms with Crippen LogP contribution in [0.5, 0.6) is 0 Å². The molecule has 0 amide bonds. The van der Waals surface area contributed by atoms with Crippen molar-refractivity contribution in [1.29, 1.82) is 0 Å². The second-order valence-electron chi connectivity index (χ2n) is 7.62. The molecule has 2 fully saturated rings. The van der Waals surface area contributed by atoms with Crippen molar-refractivity contribution >= 4 is 21.8 Å². The van der Waals surface area contributed by atoms with E-state index in [2.05, 4.69) is 19.9 Å². The van der Waals surface area contributed by atoms with Gasteiger partial charge in [-0.3, -0.25) is 4.68 Å². The van der Waals surface area contributed by atoms with Crippen LogP contribution in [0.4, 0.5) is 11.8 Å². The molecule has 2 aromatic heterocycles. The van der Waals surface area contributed by atoms with Crippen LogP contribution in [0.2, 0.25) is 0 Å². The molecule has 2 aliphatic heterocycles. The van der Waals surface area contributed by atoms with Crippen LogP contribution < -0.4 is 9.80 Å². The first-order valence-corrected chi connectivity index (χ1v) is 11.7. The molecule has 0 unspecified atom stereocenters. The summed E-state index contributed by atoms with van der Waals surface area (Å²) in [5.74, 6) is 1.64. The number of hydrogen-bond acceptors (Lipinski definition) is 7. The summed E-state index contributed by atoms with van der Waals surface area (Å²) in [5, 5.41) is 4.38. The van der Waals surface area contributed by atoms with Crippen molar-refractivity contribution in [2.24, 2.45) is 0 Å². The molecule has 0 saturated carbocycles. The van der Waals surface area contributed by atoms with Gasteiger partial charge in [0.2, 0.25) is 16.0 Å². The predicted molar refractivity (Wildman–Crippen MR) is 112 cm³/mol. The summed E-state index contributed by atoms with van der Waals surface area (Å²) >= 11 is 0. The van der Waals surface area contributed by atoms with Crippen molar-refractivity contribution in [3.05, 3.63) is 23.7 Å². The first-order valence-electron chi connectivity index (χ1n) is 10.3. The van der Waals surface area contributed by atoms with Crippen LogP contribution in [0.1, 0.15) is 31.2 Å². The predicted octanol–water partition coefficient (Wildman–Crippen LogP) is 1.42. The second-order valence-corrected chi connectivity index (χ2v) is 9.49. The maximum atomic E-state index is 13.3. The van der Waals surface area contributed by atoms with Crippen LogP contribution in [0.25, 0.3) is 0 Å². The zero-order valence-corrected chi connectivity index (χ0v) is 18.2. The Balaban J connectivity index is 1.48. The van der Waals surface area contributed by atoms with Gasteiger partial charge >= 0.3 is 0 Å². The summed E-state index contributed by atoms with van der Waals surface area (Å²) in [6.45, 7) is 10.3. The van der Waals surface area contributed by atoms with Gasteiger partial charge in [-0.15, -0.1) is 0 Å². The summed E-state index contributed by atoms with van der Waals surface area (Å²) in [6, 6.07) is 1.91. The number of piperazine rings is 1. The van der Waals surface area contributed by atoms with E-state index in [4.69, 9.17) is 4.98 Å². The number of sulfonamides is 1. The van der Waals surface area contributed by atoms with Crippen LogP contribution in [0.15, 0.2) is 17.2 Å². The molecule has 0 bridgehead atoms. The minimum atomic E-state index is -3.56. The van der Waals surface area contributed by atoms with Crippen LogP contribution in [0.3, 0.4) is 0 Å². The molecular weight excluding hydrogens is 390 g/mol. The minimum absolute atomic E-state index is 0.353. The fourth-order valence-corrected chi connectivity index (χ4v) is 6.03. The van der Waals surface area contributed by atoms with E-state index >= 15 is 0 Å². The molecule has 10 heteroatoms. The van der Waals surface area contributed by atoms with E-state index < -0.39 is 10.0 Å². The molecule has 158 valence electrons. The molecule has 4 heterocycles. The summed E-state index contributed by atoms with van der Waals surface area (Å²) in [4.78, 5) is 13.8. The average Bonchev–Trinajstić information content (AvgIpc) is 3.36. The average molecular weight is 420 g/mol. The van der Waals surface area contributed by atoms with Gasteiger partial charge in [-0.05, 0) is 39.7 Å². The monoisotopic (exact) mass is 419 g/mol. The van der Waals surface area contributed by atoms with E-state index in [-0.39, 0.29) is 0 Å². The molecule has 2 saturated heterocycles. The Labute approximate surface area is 172 Å². The van der Waals surface area contributed by atoms with Crippen LogP contribution in [0, 0.1) is 13.8 Å². The highest BCUT2D eigenvalue weighted by atomic mass is 32.2. The van der Waals surface area contributed by atoms with Gasteiger partial charge in [0, 0.05) is 52.0 Å². The van der Waals surface area contributed by atoms with Gasteiger partial charge in [0.1, 0.15) is 10.7 Å². The number of hydrogen-bond donors (Lipinski definition) is 0. The lowest BCUT2D eigenvalue weighted by atomic mass is 10.3. The van der Waals surface area contributed by atoms with Gasteiger partial charge in [-0.2, -0.15) is 14.4 Å². The lowest BCUT2D eigenvalue weighted by Gasteiger charge is -2.35. The molecule has 0 radical (unpaired) electrons. The van der Waals surface area contributed by atoms with Crippen LogP contribution in [-0.4, -0.2) is 71.7 Å². The Hall–Kier alpha value is -2.20. The molecule has 0 aromatic carbocycles. The molecule has 2 aliphatic rings. The van der Waals surface area contributed by atoms with Gasteiger partial charge in [-0.1, -0.05) is 0 Å². The fraction of sp³-hybridized carbons (Fsp3) is 0.632. The molecule has 9 nitrogen and oxygen atoms in total. The maximum Gasteiger partial charge on any atom is 0.246 e. The lowest BCUT2D eigenvalue weighted by molar-refractivity contribution is 0.383. The molecule has 0 N–H and O–H groups in total. The largest absolute Gasteiger partial charge is 0.354 e. The Morgan fingerprint density at radius 2 is 1.69 bits per heavy atom. The molecule has 0 aliphatic carbocycles. The third-order valence-electron chi connectivity index (χ3n) is 5.79. The van der Waals surface area contributed by atoms with E-state index in [1.54, 1.807) is 22.1 Å². The van der Waals surface area contributed by atoms with E-state index in [1.807, 2.05) is 19.9 Å². The number of aryl methyl sites for hydroxylation is 2. The van der Waals surface area contributed by atoms with Crippen molar-refractivity contribution in [1.82, 2.24) is 24.1 Å². The summed E-state index contributed by atoms with van der Waals surface area (Å²) in [5.41, 5.74) is 1.27. The number of anilines is 2. The number of aromatic nitrogens is 4. The van der Waals surface area contributed by atoms with E-state index in [0.29, 0.717) is 49.0 Å². The minimum Gasteiger partial charge on any atom is -0.354 e. The van der Waals surface area contributed by atoms with Crippen LogP contribution in [-0.2, 0) is 16.6 Å². The van der Waals surface area contributed by atoms with Gasteiger partial charge in [0.05, 0.1) is 11.4 Å². The first-order chi connectivity index (χ1) is 13.9. The van der Waals surface area contributed by atoms with E-state index in [0.717, 1.165) is 24.9 Å². The fourth-order valence-electron chi connectivity index (χ4n) is 4.23. The summed E-state index contributed by atoms with van der Waals surface area (Å²) in [6.07, 6.45) is 4.15. The van der Waals surface area contributed by atoms with Gasteiger partial charge < -0.3 is 9.80 Å². The van der Waals surface area contributed by atoms with Crippen LogP contribution >= 0.6 is 0 Å². The Kier molecular flexibility index (Phi) is 5.48. The zero-order chi connectivity index (χ0) is 20.6. The van der Waals surface area contributed by atoms with Crippen molar-refractivity contribution in [2.75, 3.05) is 49.1 Å². The first kappa shape index (κ1) is 20.1. The van der Waals surface area contributed by atoms with E-state index in [9.17, 15) is 8.42 Å². The smallest absolute Gasteiger partial charge is 0.246 e. The molecule has 29 heavy (non-hydrogen) atoms. The Bertz CT molecular complexity index is 974. The third-order valence-corrected chi connectivity index (χ3v) is 7.94. The molecule has 4 rings (SSSR count). The second kappa shape index (κ2) is 7.91. The lowest BCUT2D eigenvalue weighted by Crippen LogP contribution is -2.49. The maximum absolute atomic E-state index is 13.3. The zero-order valence-electron chi connectivity index (χ0n) is 17.4. The Morgan fingerprint density at radius 3 is 2.31 bits per heavy atom. The molecular formula is C19H29N7O2S. The summed E-state index contributed by atoms with van der Waals surface area (Å²) in [7, 11) is -3.56. The standard InChI is InChI=1S/C19H29N7O2S/c1-4-26-16(3)18(15(2)22-26)29(27,28)25-13-11-23(12-14-25)17-7-8-20-19(21-17)24-9-5-6-10-24/h7-8H,4-6,9-14H2,1-3H3.